The lowest BCUT2D eigenvalue weighted by Gasteiger charge is -2.10. The van der Waals surface area contributed by atoms with Crippen LogP contribution in [0.2, 0.25) is 0 Å². The smallest absolute Gasteiger partial charge is 0.191 e. The predicted octanol–water partition coefficient (Wildman–Crippen LogP) is 1.72. The summed E-state index contributed by atoms with van der Waals surface area (Å²) in [5.74, 6) is 2.16. The van der Waals surface area contributed by atoms with Gasteiger partial charge in [-0.2, -0.15) is 11.8 Å². The normalized spacial score (nSPS) is 11.6. The van der Waals surface area contributed by atoms with Crippen molar-refractivity contribution >= 4 is 17.7 Å². The zero-order valence-electron chi connectivity index (χ0n) is 11.4. The monoisotopic (exact) mass is 261 g/mol. The second-order valence-electron chi connectivity index (χ2n) is 3.73. The number of unbranched alkanes of at least 4 members (excludes halogenated alkanes) is 1. The van der Waals surface area contributed by atoms with Gasteiger partial charge in [0.2, 0.25) is 0 Å². The Morgan fingerprint density at radius 3 is 2.71 bits per heavy atom. The second-order valence-corrected chi connectivity index (χ2v) is 4.72. The minimum absolute atomic E-state index is 0.774. The molecular formula is C12H27N3OS. The molecule has 0 spiro atoms. The van der Waals surface area contributed by atoms with Gasteiger partial charge in [-0.3, -0.25) is 4.99 Å². The Kier molecular flexibility index (Phi) is 13.3. The van der Waals surface area contributed by atoms with Crippen molar-refractivity contribution in [1.82, 2.24) is 10.6 Å². The second kappa shape index (κ2) is 13.6. The zero-order valence-corrected chi connectivity index (χ0v) is 12.2. The summed E-state index contributed by atoms with van der Waals surface area (Å²) in [5, 5.41) is 6.59. The number of rotatable bonds is 10. The van der Waals surface area contributed by atoms with E-state index in [0.717, 1.165) is 38.6 Å². The summed E-state index contributed by atoms with van der Waals surface area (Å²) in [6.45, 7) is 5.57. The molecule has 0 aliphatic carbocycles. The van der Waals surface area contributed by atoms with E-state index in [1.54, 1.807) is 7.11 Å². The molecule has 0 fully saturated rings. The minimum Gasteiger partial charge on any atom is -0.385 e. The maximum atomic E-state index is 5.00. The minimum atomic E-state index is 0.774. The molecule has 0 saturated heterocycles. The van der Waals surface area contributed by atoms with E-state index in [2.05, 4.69) is 28.8 Å². The Morgan fingerprint density at radius 1 is 1.24 bits per heavy atom. The van der Waals surface area contributed by atoms with Crippen LogP contribution in [0.15, 0.2) is 4.99 Å². The Hall–Kier alpha value is -0.420. The van der Waals surface area contributed by atoms with Crippen molar-refractivity contribution in [3.05, 3.63) is 0 Å². The molecule has 5 heteroatoms. The average Bonchev–Trinajstić information content (AvgIpc) is 2.34. The number of methoxy groups -OCH3 is 1. The van der Waals surface area contributed by atoms with Crippen LogP contribution in [-0.2, 0) is 4.74 Å². The topological polar surface area (TPSA) is 45.7 Å². The Bertz CT molecular complexity index is 189. The van der Waals surface area contributed by atoms with E-state index >= 15 is 0 Å². The molecule has 0 aliphatic heterocycles. The van der Waals surface area contributed by atoms with Gasteiger partial charge in [0.25, 0.3) is 0 Å². The van der Waals surface area contributed by atoms with Crippen molar-refractivity contribution in [3.8, 4) is 0 Å². The fraction of sp³-hybridized carbons (Fsp3) is 0.917. The number of hydrogen-bond donors (Lipinski definition) is 2. The summed E-state index contributed by atoms with van der Waals surface area (Å²) < 4.78 is 5.00. The summed E-state index contributed by atoms with van der Waals surface area (Å²) >= 11 is 1.90. The third kappa shape index (κ3) is 11.8. The number of nitrogens with zero attached hydrogens (tertiary/aromatic N) is 1. The molecule has 0 atom stereocenters. The van der Waals surface area contributed by atoms with Gasteiger partial charge in [-0.1, -0.05) is 0 Å². The highest BCUT2D eigenvalue weighted by molar-refractivity contribution is 7.98. The first kappa shape index (κ1) is 16.6. The van der Waals surface area contributed by atoms with Crippen molar-refractivity contribution < 1.29 is 4.74 Å². The number of guanidine groups is 1. The van der Waals surface area contributed by atoms with Gasteiger partial charge in [0.15, 0.2) is 5.96 Å². The van der Waals surface area contributed by atoms with Crippen LogP contribution in [0.3, 0.4) is 0 Å². The van der Waals surface area contributed by atoms with Crippen molar-refractivity contribution in [2.24, 2.45) is 4.99 Å². The van der Waals surface area contributed by atoms with Crippen molar-refractivity contribution in [2.75, 3.05) is 45.4 Å². The highest BCUT2D eigenvalue weighted by Gasteiger charge is 1.95. The van der Waals surface area contributed by atoms with E-state index < -0.39 is 0 Å². The first-order valence-corrected chi connectivity index (χ1v) is 7.74. The highest BCUT2D eigenvalue weighted by Crippen LogP contribution is 1.97. The molecule has 0 unspecified atom stereocenters. The molecule has 0 bridgehead atoms. The fourth-order valence-electron chi connectivity index (χ4n) is 1.32. The fourth-order valence-corrected chi connectivity index (χ4v) is 1.81. The lowest BCUT2D eigenvalue weighted by atomic mass is 10.3. The summed E-state index contributed by atoms with van der Waals surface area (Å²) in [6, 6.07) is 0. The van der Waals surface area contributed by atoms with Crippen LogP contribution in [0.25, 0.3) is 0 Å². The molecule has 0 aromatic heterocycles. The van der Waals surface area contributed by atoms with E-state index in [9.17, 15) is 0 Å². The Morgan fingerprint density at radius 2 is 2.06 bits per heavy atom. The predicted molar refractivity (Wildman–Crippen MR) is 78.1 cm³/mol. The summed E-state index contributed by atoms with van der Waals surface area (Å²) in [4.78, 5) is 4.48. The van der Waals surface area contributed by atoms with Crippen molar-refractivity contribution in [3.63, 3.8) is 0 Å². The molecule has 0 heterocycles. The molecule has 4 nitrogen and oxygen atoms in total. The lowest BCUT2D eigenvalue weighted by Crippen LogP contribution is -2.37. The van der Waals surface area contributed by atoms with Crippen LogP contribution in [0, 0.1) is 0 Å². The first-order valence-electron chi connectivity index (χ1n) is 6.35. The standard InChI is InChI=1S/C12H27N3OS/c1-4-13-12(15-9-7-10-16-2)14-8-5-6-11-17-3/h4-11H2,1-3H3,(H2,13,14,15). The van der Waals surface area contributed by atoms with Gasteiger partial charge in [-0.15, -0.1) is 0 Å². The van der Waals surface area contributed by atoms with Gasteiger partial charge in [0.1, 0.15) is 0 Å². The maximum Gasteiger partial charge on any atom is 0.191 e. The number of thioether (sulfide) groups is 1. The summed E-state index contributed by atoms with van der Waals surface area (Å²) in [5.41, 5.74) is 0. The average molecular weight is 261 g/mol. The largest absolute Gasteiger partial charge is 0.385 e. The van der Waals surface area contributed by atoms with Gasteiger partial charge in [0.05, 0.1) is 0 Å². The lowest BCUT2D eigenvalue weighted by molar-refractivity contribution is 0.197. The molecule has 0 radical (unpaired) electrons. The quantitative estimate of drug-likeness (QED) is 0.357. The van der Waals surface area contributed by atoms with Crippen molar-refractivity contribution in [2.45, 2.75) is 26.2 Å². The summed E-state index contributed by atoms with van der Waals surface area (Å²) in [7, 11) is 1.72. The molecule has 0 saturated carbocycles. The van der Waals surface area contributed by atoms with Gasteiger partial charge in [-0.05, 0) is 38.2 Å². The van der Waals surface area contributed by atoms with Crippen LogP contribution in [0.4, 0.5) is 0 Å². The van der Waals surface area contributed by atoms with Crippen molar-refractivity contribution in [1.29, 1.82) is 0 Å². The molecule has 17 heavy (non-hydrogen) atoms. The third-order valence-electron chi connectivity index (χ3n) is 2.19. The van der Waals surface area contributed by atoms with Gasteiger partial charge >= 0.3 is 0 Å². The van der Waals surface area contributed by atoms with Crippen LogP contribution in [0.1, 0.15) is 26.2 Å². The third-order valence-corrected chi connectivity index (χ3v) is 2.89. The van der Waals surface area contributed by atoms with E-state index in [1.807, 2.05) is 11.8 Å². The highest BCUT2D eigenvalue weighted by atomic mass is 32.2. The number of nitrogens with one attached hydrogen (secondary N) is 2. The Balaban J connectivity index is 3.65. The molecule has 0 aliphatic rings. The zero-order chi connectivity index (χ0) is 12.8. The molecule has 2 N–H and O–H groups in total. The Labute approximate surface area is 110 Å². The first-order chi connectivity index (χ1) is 8.35. The molecule has 0 amide bonds. The number of ether oxygens (including phenoxy) is 1. The maximum absolute atomic E-state index is 5.00. The number of hydrogen-bond acceptors (Lipinski definition) is 3. The molecule has 0 aromatic rings. The molecule has 102 valence electrons. The van der Waals surface area contributed by atoms with Gasteiger partial charge in [0, 0.05) is 33.4 Å². The SMILES string of the molecule is CCNC(=NCCCOC)NCCCCSC. The van der Waals surface area contributed by atoms with E-state index in [-0.39, 0.29) is 0 Å². The molecular weight excluding hydrogens is 234 g/mol. The molecule has 0 rings (SSSR count). The van der Waals surface area contributed by atoms with E-state index in [4.69, 9.17) is 4.74 Å². The van der Waals surface area contributed by atoms with Crippen LogP contribution in [-0.4, -0.2) is 51.3 Å². The van der Waals surface area contributed by atoms with E-state index in [0.29, 0.717) is 0 Å². The van der Waals surface area contributed by atoms with Crippen LogP contribution in [0.5, 0.6) is 0 Å². The van der Waals surface area contributed by atoms with E-state index in [1.165, 1.54) is 18.6 Å². The van der Waals surface area contributed by atoms with Gasteiger partial charge in [-0.25, -0.2) is 0 Å². The van der Waals surface area contributed by atoms with Crippen LogP contribution >= 0.6 is 11.8 Å². The van der Waals surface area contributed by atoms with Gasteiger partial charge < -0.3 is 15.4 Å². The van der Waals surface area contributed by atoms with Crippen LogP contribution < -0.4 is 10.6 Å². The molecule has 0 aromatic carbocycles. The summed E-state index contributed by atoms with van der Waals surface area (Å²) in [6.07, 6.45) is 5.58. The number of aliphatic imine (C=N–C) groups is 1.